The molecular formula is C28H50O3. The first-order chi connectivity index (χ1) is 14.8. The molecule has 1 N–H and O–H groups in total. The van der Waals surface area contributed by atoms with Crippen LogP contribution >= 0.6 is 0 Å². The average Bonchev–Trinajstić information content (AvgIpc) is 2.70. The number of aryl methyl sites for hydroxylation is 1. The fourth-order valence-corrected chi connectivity index (χ4v) is 3.83. The van der Waals surface area contributed by atoms with Crippen molar-refractivity contribution in [3.05, 3.63) is 29.8 Å². The lowest BCUT2D eigenvalue weighted by Gasteiger charge is -2.30. The Labute approximate surface area is 192 Å². The van der Waals surface area contributed by atoms with E-state index in [1.54, 1.807) is 0 Å². The van der Waals surface area contributed by atoms with Gasteiger partial charge in [0.25, 0.3) is 0 Å². The molecule has 3 heteroatoms. The smallest absolute Gasteiger partial charge is 0.120 e. The number of rotatable bonds is 19. The predicted molar refractivity (Wildman–Crippen MR) is 133 cm³/mol. The van der Waals surface area contributed by atoms with Gasteiger partial charge in [-0.1, -0.05) is 76.8 Å². The van der Waals surface area contributed by atoms with Crippen LogP contribution in [-0.4, -0.2) is 29.5 Å². The fraction of sp³-hybridized carbons (Fsp3) is 0.786. The molecule has 0 saturated carbocycles. The number of benzene rings is 1. The van der Waals surface area contributed by atoms with E-state index in [1.165, 1.54) is 69.8 Å². The van der Waals surface area contributed by atoms with Gasteiger partial charge in [-0.25, -0.2) is 0 Å². The Kier molecular flexibility index (Phi) is 14.2. The molecule has 1 aromatic carbocycles. The van der Waals surface area contributed by atoms with Crippen LogP contribution in [0.4, 0.5) is 0 Å². The summed E-state index contributed by atoms with van der Waals surface area (Å²) in [5, 5.41) is 9.11. The van der Waals surface area contributed by atoms with Crippen LogP contribution in [0.3, 0.4) is 0 Å². The lowest BCUT2D eigenvalue weighted by molar-refractivity contribution is -0.0516. The number of aliphatic hydroxyl groups is 1. The van der Waals surface area contributed by atoms with Gasteiger partial charge in [0.1, 0.15) is 11.4 Å². The molecule has 0 bridgehead atoms. The van der Waals surface area contributed by atoms with Gasteiger partial charge in [0.2, 0.25) is 0 Å². The number of unbranched alkanes of at least 4 members (excludes halogenated alkanes) is 9. The van der Waals surface area contributed by atoms with Gasteiger partial charge in [-0.3, -0.25) is 0 Å². The summed E-state index contributed by atoms with van der Waals surface area (Å²) in [6, 6.07) is 8.62. The minimum atomic E-state index is -0.291. The first-order valence-electron chi connectivity index (χ1n) is 12.8. The molecule has 0 radical (unpaired) electrons. The molecule has 0 aromatic heterocycles. The molecule has 0 saturated heterocycles. The monoisotopic (exact) mass is 434 g/mol. The summed E-state index contributed by atoms with van der Waals surface area (Å²) >= 11 is 0. The minimum Gasteiger partial charge on any atom is -0.488 e. The molecule has 0 spiro atoms. The van der Waals surface area contributed by atoms with Gasteiger partial charge in [0.15, 0.2) is 0 Å². The highest BCUT2D eigenvalue weighted by Gasteiger charge is 2.23. The summed E-state index contributed by atoms with van der Waals surface area (Å²) in [4.78, 5) is 0. The summed E-state index contributed by atoms with van der Waals surface area (Å²) in [5.74, 6) is 0.923. The van der Waals surface area contributed by atoms with E-state index in [0.29, 0.717) is 13.0 Å². The van der Waals surface area contributed by atoms with Crippen molar-refractivity contribution in [2.45, 2.75) is 129 Å². The standard InChI is InChI=1S/C28H50O3/c1-6-7-8-9-10-11-12-13-14-15-16-25-17-19-26(20-18-25)31-28(4,5)22-24-30-27(2,3)21-23-29/h17-20,29H,6-16,21-24H2,1-5H3. The Balaban J connectivity index is 2.20. The van der Waals surface area contributed by atoms with E-state index in [4.69, 9.17) is 14.6 Å². The van der Waals surface area contributed by atoms with Crippen molar-refractivity contribution in [2.24, 2.45) is 0 Å². The summed E-state index contributed by atoms with van der Waals surface area (Å²) in [6.07, 6.45) is 16.4. The molecule has 1 rings (SSSR count). The molecule has 0 aliphatic heterocycles. The third kappa shape index (κ3) is 14.6. The molecule has 0 amide bonds. The summed E-state index contributed by atoms with van der Waals surface area (Å²) in [5.41, 5.74) is 0.827. The second kappa shape index (κ2) is 15.7. The Morgan fingerprint density at radius 2 is 1.26 bits per heavy atom. The Bertz CT molecular complexity index is 548. The molecule has 0 aliphatic carbocycles. The van der Waals surface area contributed by atoms with Crippen molar-refractivity contribution >= 4 is 0 Å². The van der Waals surface area contributed by atoms with E-state index in [9.17, 15) is 0 Å². The van der Waals surface area contributed by atoms with E-state index in [0.717, 1.165) is 18.6 Å². The highest BCUT2D eigenvalue weighted by Crippen LogP contribution is 2.24. The molecule has 180 valence electrons. The number of ether oxygens (including phenoxy) is 2. The van der Waals surface area contributed by atoms with Crippen molar-refractivity contribution in [2.75, 3.05) is 13.2 Å². The number of hydrogen-bond donors (Lipinski definition) is 1. The van der Waals surface area contributed by atoms with Crippen molar-refractivity contribution in [3.63, 3.8) is 0 Å². The second-order valence-corrected chi connectivity index (χ2v) is 10.3. The molecule has 0 heterocycles. The van der Waals surface area contributed by atoms with Gasteiger partial charge in [0, 0.05) is 13.0 Å². The zero-order valence-corrected chi connectivity index (χ0v) is 21.2. The molecule has 3 nitrogen and oxygen atoms in total. The normalized spacial score (nSPS) is 12.3. The summed E-state index contributed by atoms with van der Waals surface area (Å²) < 4.78 is 12.1. The van der Waals surface area contributed by atoms with Crippen LogP contribution < -0.4 is 4.74 Å². The van der Waals surface area contributed by atoms with Gasteiger partial charge in [0.05, 0.1) is 12.2 Å². The highest BCUT2D eigenvalue weighted by molar-refractivity contribution is 5.27. The topological polar surface area (TPSA) is 38.7 Å². The van der Waals surface area contributed by atoms with E-state index in [-0.39, 0.29) is 17.8 Å². The van der Waals surface area contributed by atoms with Crippen molar-refractivity contribution < 1.29 is 14.6 Å². The molecule has 0 unspecified atom stereocenters. The lowest BCUT2D eigenvalue weighted by Crippen LogP contribution is -2.33. The Hall–Kier alpha value is -1.06. The van der Waals surface area contributed by atoms with Crippen molar-refractivity contribution in [1.29, 1.82) is 0 Å². The predicted octanol–water partition coefficient (Wildman–Crippen LogP) is 7.88. The minimum absolute atomic E-state index is 0.151. The van der Waals surface area contributed by atoms with Crippen LogP contribution in [0, 0.1) is 0 Å². The summed E-state index contributed by atoms with van der Waals surface area (Å²) in [7, 11) is 0. The molecular weight excluding hydrogens is 384 g/mol. The van der Waals surface area contributed by atoms with Gasteiger partial charge in [-0.05, 0) is 64.7 Å². The molecule has 0 atom stereocenters. The van der Waals surface area contributed by atoms with Gasteiger partial charge in [-0.15, -0.1) is 0 Å². The third-order valence-corrected chi connectivity index (χ3v) is 6.05. The zero-order valence-electron chi connectivity index (χ0n) is 21.2. The van der Waals surface area contributed by atoms with E-state index < -0.39 is 0 Å². The first kappa shape index (κ1) is 28.0. The summed E-state index contributed by atoms with van der Waals surface area (Å²) in [6.45, 7) is 11.3. The van der Waals surface area contributed by atoms with Gasteiger partial charge >= 0.3 is 0 Å². The maximum Gasteiger partial charge on any atom is 0.120 e. The van der Waals surface area contributed by atoms with Crippen LogP contribution in [0.5, 0.6) is 5.75 Å². The lowest BCUT2D eigenvalue weighted by atomic mass is 10.0. The quantitative estimate of drug-likeness (QED) is 0.225. The van der Waals surface area contributed by atoms with Crippen LogP contribution in [0.1, 0.15) is 117 Å². The SMILES string of the molecule is CCCCCCCCCCCCc1ccc(OC(C)(C)CCOC(C)(C)CCO)cc1. The molecule has 1 aromatic rings. The Morgan fingerprint density at radius 1 is 0.710 bits per heavy atom. The van der Waals surface area contributed by atoms with E-state index in [2.05, 4.69) is 45.0 Å². The number of hydrogen-bond acceptors (Lipinski definition) is 3. The largest absolute Gasteiger partial charge is 0.488 e. The van der Waals surface area contributed by atoms with Crippen LogP contribution in [0.15, 0.2) is 24.3 Å². The van der Waals surface area contributed by atoms with E-state index >= 15 is 0 Å². The maximum absolute atomic E-state index is 9.11. The van der Waals surface area contributed by atoms with Crippen LogP contribution in [0.2, 0.25) is 0 Å². The van der Waals surface area contributed by atoms with Gasteiger partial charge < -0.3 is 14.6 Å². The fourth-order valence-electron chi connectivity index (χ4n) is 3.83. The molecule has 0 aliphatic rings. The van der Waals surface area contributed by atoms with Crippen molar-refractivity contribution in [3.8, 4) is 5.75 Å². The Morgan fingerprint density at radius 3 is 1.81 bits per heavy atom. The number of aliphatic hydroxyl groups excluding tert-OH is 1. The first-order valence-corrected chi connectivity index (χ1v) is 12.8. The van der Waals surface area contributed by atoms with Crippen LogP contribution in [-0.2, 0) is 11.2 Å². The molecule has 0 fully saturated rings. The highest BCUT2D eigenvalue weighted by atomic mass is 16.5. The maximum atomic E-state index is 9.11. The second-order valence-electron chi connectivity index (χ2n) is 10.3. The van der Waals surface area contributed by atoms with Gasteiger partial charge in [-0.2, -0.15) is 0 Å². The third-order valence-electron chi connectivity index (χ3n) is 6.05. The van der Waals surface area contributed by atoms with Crippen molar-refractivity contribution in [1.82, 2.24) is 0 Å². The average molecular weight is 435 g/mol. The van der Waals surface area contributed by atoms with Crippen LogP contribution in [0.25, 0.3) is 0 Å². The molecule has 31 heavy (non-hydrogen) atoms. The zero-order chi connectivity index (χ0) is 23.0. The van der Waals surface area contributed by atoms with E-state index in [1.807, 2.05) is 13.8 Å².